The minimum atomic E-state index is -0.243. The van der Waals surface area contributed by atoms with Gasteiger partial charge in [-0.05, 0) is 0 Å². The molecule has 1 aromatic rings. The van der Waals surface area contributed by atoms with E-state index in [0.29, 0.717) is 5.13 Å². The van der Waals surface area contributed by atoms with E-state index in [-0.39, 0.29) is 17.8 Å². The van der Waals surface area contributed by atoms with Crippen LogP contribution in [0.2, 0.25) is 0 Å². The van der Waals surface area contributed by atoms with Crippen LogP contribution in [0.5, 0.6) is 0 Å². The maximum atomic E-state index is 10.6. The van der Waals surface area contributed by atoms with E-state index in [1.165, 1.54) is 13.8 Å². The summed E-state index contributed by atoms with van der Waals surface area (Å²) in [5, 5.41) is 5.22. The molecule has 70 valence electrons. The second-order valence-electron chi connectivity index (χ2n) is 2.29. The van der Waals surface area contributed by atoms with E-state index in [2.05, 4.69) is 20.0 Å². The minimum Gasteiger partial charge on any atom is -0.301 e. The van der Waals surface area contributed by atoms with Crippen LogP contribution in [0.25, 0.3) is 0 Å². The number of hydrogen-bond donors (Lipinski definition) is 2. The third-order valence-corrected chi connectivity index (χ3v) is 1.63. The number of hydrogen-bond acceptors (Lipinski definition) is 5. The maximum absolute atomic E-state index is 10.6. The Morgan fingerprint density at radius 2 is 1.85 bits per heavy atom. The predicted octanol–water partition coefficient (Wildman–Crippen LogP) is 0.455. The molecule has 0 aliphatic heterocycles. The molecule has 0 spiro atoms. The number of rotatable bonds is 2. The van der Waals surface area contributed by atoms with Crippen LogP contribution in [0.15, 0.2) is 0 Å². The Morgan fingerprint density at radius 3 is 2.38 bits per heavy atom. The Morgan fingerprint density at radius 1 is 1.23 bits per heavy atom. The summed E-state index contributed by atoms with van der Waals surface area (Å²) in [5.74, 6) is -0.251. The Balaban J connectivity index is 2.63. The summed E-state index contributed by atoms with van der Waals surface area (Å²) in [4.78, 5) is 25.0. The Bertz CT molecular complexity index is 305. The van der Waals surface area contributed by atoms with Crippen molar-refractivity contribution in [3.63, 3.8) is 0 Å². The van der Waals surface area contributed by atoms with Crippen molar-refractivity contribution in [2.75, 3.05) is 10.6 Å². The first kappa shape index (κ1) is 9.59. The smallest absolute Gasteiger partial charge is 0.243 e. The van der Waals surface area contributed by atoms with Gasteiger partial charge >= 0.3 is 0 Å². The largest absolute Gasteiger partial charge is 0.301 e. The van der Waals surface area contributed by atoms with Crippen LogP contribution < -0.4 is 10.6 Å². The van der Waals surface area contributed by atoms with Crippen molar-refractivity contribution in [1.29, 1.82) is 0 Å². The topological polar surface area (TPSA) is 84.0 Å². The van der Waals surface area contributed by atoms with E-state index >= 15 is 0 Å². The van der Waals surface area contributed by atoms with E-state index in [9.17, 15) is 9.59 Å². The summed E-state index contributed by atoms with van der Waals surface area (Å²) in [6.07, 6.45) is 0. The zero-order chi connectivity index (χ0) is 9.84. The molecule has 0 bridgehead atoms. The molecule has 1 heterocycles. The van der Waals surface area contributed by atoms with Crippen molar-refractivity contribution in [3.8, 4) is 0 Å². The molecule has 0 aliphatic rings. The second-order valence-corrected chi connectivity index (χ2v) is 3.04. The molecular weight excluding hydrogens is 192 g/mol. The third-order valence-electron chi connectivity index (χ3n) is 0.997. The number of nitrogens with one attached hydrogen (secondary N) is 2. The van der Waals surface area contributed by atoms with Crippen molar-refractivity contribution >= 4 is 34.4 Å². The van der Waals surface area contributed by atoms with Gasteiger partial charge in [0.05, 0.1) is 0 Å². The lowest BCUT2D eigenvalue weighted by Gasteiger charge is -1.93. The molecule has 0 unspecified atom stereocenters. The van der Waals surface area contributed by atoms with Gasteiger partial charge < -0.3 is 5.32 Å². The number of anilines is 2. The zero-order valence-electron chi connectivity index (χ0n) is 7.12. The van der Waals surface area contributed by atoms with E-state index in [1.807, 2.05) is 0 Å². The van der Waals surface area contributed by atoms with Crippen LogP contribution in [-0.4, -0.2) is 21.2 Å². The first-order chi connectivity index (χ1) is 6.08. The summed E-state index contributed by atoms with van der Waals surface area (Å²) >= 11 is 1.01. The lowest BCUT2D eigenvalue weighted by Crippen LogP contribution is -2.08. The third kappa shape index (κ3) is 3.16. The van der Waals surface area contributed by atoms with E-state index in [1.54, 1.807) is 0 Å². The summed E-state index contributed by atoms with van der Waals surface area (Å²) in [6.45, 7) is 2.73. The first-order valence-corrected chi connectivity index (χ1v) is 4.24. The van der Waals surface area contributed by atoms with Crippen molar-refractivity contribution in [3.05, 3.63) is 0 Å². The van der Waals surface area contributed by atoms with Gasteiger partial charge in [0, 0.05) is 25.4 Å². The number of carbonyl (C=O) groups is 2. The average Bonchev–Trinajstić information content (AvgIpc) is 2.33. The van der Waals surface area contributed by atoms with Gasteiger partial charge in [-0.3, -0.25) is 14.9 Å². The van der Waals surface area contributed by atoms with Gasteiger partial charge in [-0.25, -0.2) is 0 Å². The zero-order valence-corrected chi connectivity index (χ0v) is 7.94. The van der Waals surface area contributed by atoms with Gasteiger partial charge in [-0.2, -0.15) is 9.36 Å². The second kappa shape index (κ2) is 3.94. The van der Waals surface area contributed by atoms with Gasteiger partial charge in [0.25, 0.3) is 0 Å². The number of aromatic nitrogens is 2. The molecule has 13 heavy (non-hydrogen) atoms. The summed E-state index contributed by atoms with van der Waals surface area (Å²) < 4.78 is 3.79. The van der Waals surface area contributed by atoms with Gasteiger partial charge in [0.15, 0.2) is 0 Å². The average molecular weight is 200 g/mol. The molecule has 0 saturated heterocycles. The molecule has 0 saturated carbocycles. The van der Waals surface area contributed by atoms with Gasteiger partial charge in [0.1, 0.15) is 0 Å². The van der Waals surface area contributed by atoms with Crippen molar-refractivity contribution in [1.82, 2.24) is 9.36 Å². The molecule has 2 N–H and O–H groups in total. The van der Waals surface area contributed by atoms with Crippen LogP contribution in [0.4, 0.5) is 11.1 Å². The molecule has 2 amide bonds. The van der Waals surface area contributed by atoms with Gasteiger partial charge in [0.2, 0.25) is 22.9 Å². The first-order valence-electron chi connectivity index (χ1n) is 3.47. The minimum absolute atomic E-state index is 0.209. The Hall–Kier alpha value is -1.50. The fraction of sp³-hybridized carbons (Fsp3) is 0.333. The molecule has 0 atom stereocenters. The molecule has 0 fully saturated rings. The predicted molar refractivity (Wildman–Crippen MR) is 48.5 cm³/mol. The molecule has 6 nitrogen and oxygen atoms in total. The summed E-state index contributed by atoms with van der Waals surface area (Å²) in [5.41, 5.74) is 0. The SMILES string of the molecule is CC(=O)Nc1nsc(NC(C)=O)n1. The fourth-order valence-electron chi connectivity index (χ4n) is 0.633. The molecule has 7 heteroatoms. The van der Waals surface area contributed by atoms with Crippen molar-refractivity contribution in [2.24, 2.45) is 0 Å². The number of amides is 2. The lowest BCUT2D eigenvalue weighted by atomic mass is 10.7. The highest BCUT2D eigenvalue weighted by Gasteiger charge is 2.05. The molecule has 0 aromatic carbocycles. The van der Waals surface area contributed by atoms with Gasteiger partial charge in [-0.1, -0.05) is 0 Å². The molecular formula is C6H8N4O2S. The standard InChI is InChI=1S/C6H8N4O2S/c1-3(11)7-5-9-6(13-10-5)8-4(2)12/h1-2H3,(H2,7,8,9,10,11,12). The summed E-state index contributed by atoms with van der Waals surface area (Å²) in [7, 11) is 0. The molecule has 1 aromatic heterocycles. The highest BCUT2D eigenvalue weighted by Crippen LogP contribution is 2.13. The highest BCUT2D eigenvalue weighted by atomic mass is 32.1. The number of nitrogens with zero attached hydrogens (tertiary/aromatic N) is 2. The molecule has 1 rings (SSSR count). The van der Waals surface area contributed by atoms with Gasteiger partial charge in [-0.15, -0.1) is 0 Å². The summed E-state index contributed by atoms with van der Waals surface area (Å²) in [6, 6.07) is 0. The monoisotopic (exact) mass is 200 g/mol. The Labute approximate surface area is 78.5 Å². The number of carbonyl (C=O) groups excluding carboxylic acids is 2. The molecule has 0 radical (unpaired) electrons. The fourth-order valence-corrected chi connectivity index (χ4v) is 1.21. The van der Waals surface area contributed by atoms with Crippen LogP contribution in [-0.2, 0) is 9.59 Å². The van der Waals surface area contributed by atoms with Crippen LogP contribution in [0.3, 0.4) is 0 Å². The lowest BCUT2D eigenvalue weighted by molar-refractivity contribution is -0.115. The van der Waals surface area contributed by atoms with Crippen LogP contribution in [0.1, 0.15) is 13.8 Å². The maximum Gasteiger partial charge on any atom is 0.243 e. The Kier molecular flexibility index (Phi) is 2.91. The molecule has 0 aliphatic carbocycles. The van der Waals surface area contributed by atoms with Crippen LogP contribution >= 0.6 is 11.5 Å². The highest BCUT2D eigenvalue weighted by molar-refractivity contribution is 7.10. The van der Waals surface area contributed by atoms with E-state index in [4.69, 9.17) is 0 Å². The normalized spacial score (nSPS) is 9.38. The quantitative estimate of drug-likeness (QED) is 0.726. The van der Waals surface area contributed by atoms with Crippen molar-refractivity contribution in [2.45, 2.75) is 13.8 Å². The van der Waals surface area contributed by atoms with E-state index < -0.39 is 0 Å². The van der Waals surface area contributed by atoms with Crippen molar-refractivity contribution < 1.29 is 9.59 Å². The van der Waals surface area contributed by atoms with E-state index in [0.717, 1.165) is 11.5 Å². The van der Waals surface area contributed by atoms with Crippen LogP contribution in [0, 0.1) is 0 Å².